The first-order valence-corrected chi connectivity index (χ1v) is 8.70. The molecule has 2 heterocycles. The first-order valence-electron chi connectivity index (χ1n) is 7.91. The smallest absolute Gasteiger partial charge is 0.411 e. The number of amides is 1. The van der Waals surface area contributed by atoms with Crippen molar-refractivity contribution in [3.8, 4) is 0 Å². The van der Waals surface area contributed by atoms with Gasteiger partial charge in [0.25, 0.3) is 0 Å². The number of hydrogen-bond donors (Lipinski definition) is 1. The molecular weight excluding hydrogens is 358 g/mol. The largest absolute Gasteiger partial charge is 0.444 e. The first kappa shape index (κ1) is 16.3. The van der Waals surface area contributed by atoms with Crippen LogP contribution in [-0.4, -0.2) is 32.6 Å². The number of rotatable bonds is 1. The van der Waals surface area contributed by atoms with Crippen molar-refractivity contribution in [2.45, 2.75) is 58.2 Å². The van der Waals surface area contributed by atoms with Crippen LogP contribution in [0, 0.1) is 0 Å². The number of carbonyl (C=O) groups excluding carboxylic acids is 1. The van der Waals surface area contributed by atoms with E-state index in [-0.39, 0.29) is 18.2 Å². The van der Waals surface area contributed by atoms with Crippen molar-refractivity contribution in [1.82, 2.24) is 14.9 Å². The highest BCUT2D eigenvalue weighted by atomic mass is 79.9. The molecule has 1 N–H and O–H groups in total. The van der Waals surface area contributed by atoms with Crippen LogP contribution in [0.3, 0.4) is 0 Å². The average Bonchev–Trinajstić information content (AvgIpc) is 2.99. The van der Waals surface area contributed by atoms with Gasteiger partial charge in [0.2, 0.25) is 0 Å². The topological polar surface area (TPSA) is 58.2 Å². The lowest BCUT2D eigenvalue weighted by atomic mass is 10.2. The van der Waals surface area contributed by atoms with E-state index in [1.54, 1.807) is 0 Å². The van der Waals surface area contributed by atoms with Crippen LogP contribution in [0.15, 0.2) is 22.7 Å². The molecule has 2 atom stereocenters. The summed E-state index contributed by atoms with van der Waals surface area (Å²) in [5.74, 6) is 0.827. The molecule has 0 saturated carbocycles. The van der Waals surface area contributed by atoms with Crippen LogP contribution in [0.5, 0.6) is 0 Å². The summed E-state index contributed by atoms with van der Waals surface area (Å²) < 4.78 is 6.58. The molecule has 0 radical (unpaired) electrons. The SMILES string of the molecule is C[C@H]1CC[C@@H](c2nc3ccc(Br)cc3[nH]2)N1C(=O)OC(C)(C)C. The molecule has 3 rings (SSSR count). The maximum absolute atomic E-state index is 12.6. The number of carbonyl (C=O) groups is 1. The predicted molar refractivity (Wildman–Crippen MR) is 93.3 cm³/mol. The molecule has 0 unspecified atom stereocenters. The number of benzene rings is 1. The van der Waals surface area contributed by atoms with E-state index in [0.29, 0.717) is 0 Å². The Morgan fingerprint density at radius 2 is 2.13 bits per heavy atom. The van der Waals surface area contributed by atoms with Gasteiger partial charge in [-0.25, -0.2) is 9.78 Å². The van der Waals surface area contributed by atoms with Gasteiger partial charge in [0.05, 0.1) is 17.1 Å². The van der Waals surface area contributed by atoms with Crippen LogP contribution in [0.2, 0.25) is 0 Å². The van der Waals surface area contributed by atoms with Crippen molar-refractivity contribution >= 4 is 33.1 Å². The fraction of sp³-hybridized carbons (Fsp3) is 0.529. The van der Waals surface area contributed by atoms with E-state index in [1.165, 1.54) is 0 Å². The summed E-state index contributed by atoms with van der Waals surface area (Å²) in [6, 6.07) is 6.02. The predicted octanol–water partition coefficient (Wildman–Crippen LogP) is 4.79. The zero-order valence-electron chi connectivity index (χ0n) is 13.9. The summed E-state index contributed by atoms with van der Waals surface area (Å²) in [4.78, 5) is 22.4. The van der Waals surface area contributed by atoms with Gasteiger partial charge in [-0.2, -0.15) is 0 Å². The third-order valence-electron chi connectivity index (χ3n) is 4.05. The molecule has 0 spiro atoms. The molecule has 124 valence electrons. The summed E-state index contributed by atoms with van der Waals surface area (Å²) in [6.45, 7) is 7.72. The monoisotopic (exact) mass is 379 g/mol. The number of hydrogen-bond acceptors (Lipinski definition) is 3. The highest BCUT2D eigenvalue weighted by molar-refractivity contribution is 9.10. The lowest BCUT2D eigenvalue weighted by molar-refractivity contribution is 0.0152. The Hall–Kier alpha value is -1.56. The van der Waals surface area contributed by atoms with E-state index < -0.39 is 5.60 Å². The van der Waals surface area contributed by atoms with Crippen molar-refractivity contribution < 1.29 is 9.53 Å². The second kappa shape index (κ2) is 5.82. The third kappa shape index (κ3) is 3.37. The molecule has 1 amide bonds. The fourth-order valence-corrected chi connectivity index (χ4v) is 3.40. The Labute approximate surface area is 144 Å². The highest BCUT2D eigenvalue weighted by Gasteiger charge is 2.39. The Morgan fingerprint density at radius 3 is 2.83 bits per heavy atom. The second-order valence-electron chi connectivity index (χ2n) is 7.11. The number of nitrogens with zero attached hydrogens (tertiary/aromatic N) is 2. The van der Waals surface area contributed by atoms with Crippen molar-refractivity contribution in [3.05, 3.63) is 28.5 Å². The molecule has 0 bridgehead atoms. The molecule has 23 heavy (non-hydrogen) atoms. The maximum Gasteiger partial charge on any atom is 0.411 e. The molecule has 1 fully saturated rings. The Bertz CT molecular complexity index is 735. The fourth-order valence-electron chi connectivity index (χ4n) is 3.03. The third-order valence-corrected chi connectivity index (χ3v) is 4.54. The van der Waals surface area contributed by atoms with E-state index in [0.717, 1.165) is 34.2 Å². The number of imidazole rings is 1. The average molecular weight is 380 g/mol. The Balaban J connectivity index is 1.91. The number of fused-ring (bicyclic) bond motifs is 1. The molecule has 2 aromatic rings. The quantitative estimate of drug-likeness (QED) is 0.774. The molecule has 5 nitrogen and oxygen atoms in total. The van der Waals surface area contributed by atoms with Crippen LogP contribution >= 0.6 is 15.9 Å². The first-order chi connectivity index (χ1) is 10.7. The highest BCUT2D eigenvalue weighted by Crippen LogP contribution is 2.36. The lowest BCUT2D eigenvalue weighted by Crippen LogP contribution is -2.40. The van der Waals surface area contributed by atoms with Gasteiger partial charge in [-0.15, -0.1) is 0 Å². The molecule has 1 saturated heterocycles. The molecule has 1 aliphatic heterocycles. The number of nitrogens with one attached hydrogen (secondary N) is 1. The Kier molecular flexibility index (Phi) is 4.12. The van der Waals surface area contributed by atoms with E-state index in [1.807, 2.05) is 43.9 Å². The summed E-state index contributed by atoms with van der Waals surface area (Å²) in [5, 5.41) is 0. The molecule has 0 aliphatic carbocycles. The zero-order valence-corrected chi connectivity index (χ0v) is 15.5. The molecule has 1 aliphatic rings. The number of aromatic nitrogens is 2. The van der Waals surface area contributed by atoms with Gasteiger partial charge in [0, 0.05) is 10.5 Å². The minimum atomic E-state index is -0.497. The van der Waals surface area contributed by atoms with Gasteiger partial charge in [-0.1, -0.05) is 15.9 Å². The second-order valence-corrected chi connectivity index (χ2v) is 8.03. The van der Waals surface area contributed by atoms with Crippen LogP contribution in [0.4, 0.5) is 4.79 Å². The molecule has 1 aromatic carbocycles. The summed E-state index contributed by atoms with van der Waals surface area (Å²) in [6.07, 6.45) is 1.57. The molecule has 6 heteroatoms. The summed E-state index contributed by atoms with van der Waals surface area (Å²) in [7, 11) is 0. The number of aromatic amines is 1. The normalized spacial score (nSPS) is 21.9. The Morgan fingerprint density at radius 1 is 1.39 bits per heavy atom. The summed E-state index contributed by atoms with van der Waals surface area (Å²) in [5.41, 5.74) is 1.38. The minimum absolute atomic E-state index is 0.0639. The minimum Gasteiger partial charge on any atom is -0.444 e. The van der Waals surface area contributed by atoms with Crippen molar-refractivity contribution in [1.29, 1.82) is 0 Å². The van der Waals surface area contributed by atoms with Gasteiger partial charge < -0.3 is 9.72 Å². The van der Waals surface area contributed by atoms with Gasteiger partial charge in [-0.05, 0) is 58.7 Å². The van der Waals surface area contributed by atoms with Crippen LogP contribution < -0.4 is 0 Å². The van der Waals surface area contributed by atoms with Gasteiger partial charge in [-0.3, -0.25) is 4.90 Å². The number of likely N-dealkylation sites (tertiary alicyclic amines) is 1. The van der Waals surface area contributed by atoms with E-state index in [4.69, 9.17) is 4.74 Å². The van der Waals surface area contributed by atoms with Crippen molar-refractivity contribution in [2.75, 3.05) is 0 Å². The van der Waals surface area contributed by atoms with Crippen molar-refractivity contribution in [3.63, 3.8) is 0 Å². The van der Waals surface area contributed by atoms with E-state index in [9.17, 15) is 4.79 Å². The van der Waals surface area contributed by atoms with Gasteiger partial charge in [0.15, 0.2) is 0 Å². The van der Waals surface area contributed by atoms with Gasteiger partial charge >= 0.3 is 6.09 Å². The van der Waals surface area contributed by atoms with Gasteiger partial charge in [0.1, 0.15) is 11.4 Å². The van der Waals surface area contributed by atoms with E-state index >= 15 is 0 Å². The number of ether oxygens (including phenoxy) is 1. The van der Waals surface area contributed by atoms with Crippen molar-refractivity contribution in [2.24, 2.45) is 0 Å². The number of H-pyrrole nitrogens is 1. The van der Waals surface area contributed by atoms with E-state index in [2.05, 4.69) is 32.8 Å². The standard InChI is InChI=1S/C17H22BrN3O2/c1-10-5-8-14(21(10)16(22)23-17(2,3)4)15-19-12-7-6-11(18)9-13(12)20-15/h6-7,9-10,14H,5,8H2,1-4H3,(H,19,20)/t10-,14-/m0/s1. The number of halogens is 1. The maximum atomic E-state index is 12.6. The van der Waals surface area contributed by atoms with Crippen LogP contribution in [0.25, 0.3) is 11.0 Å². The zero-order chi connectivity index (χ0) is 16.8. The van der Waals surface area contributed by atoms with Crippen LogP contribution in [0.1, 0.15) is 52.4 Å². The van der Waals surface area contributed by atoms with Crippen LogP contribution in [-0.2, 0) is 4.74 Å². The lowest BCUT2D eigenvalue weighted by Gasteiger charge is -2.30. The molecular formula is C17H22BrN3O2. The summed E-state index contributed by atoms with van der Waals surface area (Å²) >= 11 is 3.47. The molecule has 1 aromatic heterocycles.